The first-order chi connectivity index (χ1) is 18.5. The average Bonchev–Trinajstić information content (AvgIpc) is 3.13. The van der Waals surface area contributed by atoms with Gasteiger partial charge in [0.2, 0.25) is 5.43 Å². The van der Waals surface area contributed by atoms with Gasteiger partial charge in [-0.05, 0) is 68.6 Å². The zero-order valence-corrected chi connectivity index (χ0v) is 22.4. The van der Waals surface area contributed by atoms with Crippen molar-refractivity contribution < 1.29 is 18.5 Å². The lowest BCUT2D eigenvalue weighted by molar-refractivity contribution is 0.00578. The second kappa shape index (κ2) is 10.3. The minimum absolute atomic E-state index is 0.0113. The molecule has 1 saturated heterocycles. The molecule has 4 aromatic rings. The van der Waals surface area contributed by atoms with E-state index in [0.29, 0.717) is 23.4 Å². The van der Waals surface area contributed by atoms with Crippen LogP contribution in [-0.2, 0) is 15.9 Å². The molecule has 1 aliphatic rings. The molecule has 0 unspecified atom stereocenters. The molecule has 1 aliphatic heterocycles. The minimum atomic E-state index is -0.533. The van der Waals surface area contributed by atoms with Gasteiger partial charge in [-0.15, -0.1) is 0 Å². The summed E-state index contributed by atoms with van der Waals surface area (Å²) >= 11 is 0. The molecule has 5 rings (SSSR count). The van der Waals surface area contributed by atoms with Crippen molar-refractivity contribution in [1.29, 1.82) is 0 Å². The molecular formula is C31H30BFN2O4. The summed E-state index contributed by atoms with van der Waals surface area (Å²) in [4.78, 5) is 26.8. The summed E-state index contributed by atoms with van der Waals surface area (Å²) in [6.07, 6.45) is 3.25. The molecule has 0 radical (unpaired) electrons. The Balaban J connectivity index is 1.42. The van der Waals surface area contributed by atoms with Gasteiger partial charge in [0, 0.05) is 30.2 Å². The normalized spacial score (nSPS) is 15.8. The van der Waals surface area contributed by atoms with Gasteiger partial charge in [-0.2, -0.15) is 0 Å². The molecule has 0 saturated carbocycles. The highest BCUT2D eigenvalue weighted by Crippen LogP contribution is 2.36. The summed E-state index contributed by atoms with van der Waals surface area (Å²) in [5.74, 6) is -0.935. The Morgan fingerprint density at radius 2 is 1.49 bits per heavy atom. The molecule has 2 heterocycles. The van der Waals surface area contributed by atoms with Crippen LogP contribution >= 0.6 is 0 Å². The smallest absolute Gasteiger partial charge is 0.399 e. The second-order valence-corrected chi connectivity index (χ2v) is 10.7. The highest BCUT2D eigenvalue weighted by Gasteiger charge is 2.51. The van der Waals surface area contributed by atoms with Crippen molar-refractivity contribution in [2.45, 2.75) is 45.4 Å². The fourth-order valence-corrected chi connectivity index (χ4v) is 4.41. The average molecular weight is 524 g/mol. The van der Waals surface area contributed by atoms with Gasteiger partial charge >= 0.3 is 7.12 Å². The lowest BCUT2D eigenvalue weighted by Gasteiger charge is -2.32. The summed E-state index contributed by atoms with van der Waals surface area (Å²) in [6, 6.07) is 22.6. The van der Waals surface area contributed by atoms with Gasteiger partial charge in [0.25, 0.3) is 5.91 Å². The van der Waals surface area contributed by atoms with Crippen molar-refractivity contribution in [2.24, 2.45) is 0 Å². The van der Waals surface area contributed by atoms with Crippen molar-refractivity contribution in [3.8, 4) is 11.1 Å². The predicted molar refractivity (Wildman–Crippen MR) is 152 cm³/mol. The number of carbonyl (C=O) groups excluding carboxylic acids is 1. The van der Waals surface area contributed by atoms with E-state index in [0.717, 1.165) is 11.0 Å². The third-order valence-corrected chi connectivity index (χ3v) is 7.38. The van der Waals surface area contributed by atoms with E-state index in [2.05, 4.69) is 5.32 Å². The van der Waals surface area contributed by atoms with Crippen LogP contribution in [0.15, 0.2) is 96.1 Å². The van der Waals surface area contributed by atoms with Crippen molar-refractivity contribution in [2.75, 3.05) is 5.32 Å². The molecule has 0 atom stereocenters. The lowest BCUT2D eigenvalue weighted by atomic mass is 9.79. The number of anilines is 1. The van der Waals surface area contributed by atoms with Gasteiger partial charge in [0.05, 0.1) is 11.2 Å². The maximum absolute atomic E-state index is 13.6. The van der Waals surface area contributed by atoms with Crippen LogP contribution in [0.1, 0.15) is 43.6 Å². The molecule has 8 heteroatoms. The monoisotopic (exact) mass is 524 g/mol. The number of hydrogen-bond acceptors (Lipinski definition) is 4. The van der Waals surface area contributed by atoms with E-state index >= 15 is 0 Å². The minimum Gasteiger partial charge on any atom is -0.399 e. The van der Waals surface area contributed by atoms with Crippen LogP contribution in [0.3, 0.4) is 0 Å². The van der Waals surface area contributed by atoms with E-state index in [4.69, 9.17) is 9.31 Å². The first kappa shape index (κ1) is 26.6. The van der Waals surface area contributed by atoms with Crippen LogP contribution in [-0.4, -0.2) is 28.8 Å². The Hall–Kier alpha value is -4.01. The highest BCUT2D eigenvalue weighted by atomic mass is 19.1. The van der Waals surface area contributed by atoms with Gasteiger partial charge in [0.1, 0.15) is 11.4 Å². The number of halogens is 1. The van der Waals surface area contributed by atoms with E-state index in [9.17, 15) is 14.0 Å². The van der Waals surface area contributed by atoms with Crippen molar-refractivity contribution >= 4 is 24.2 Å². The quantitative estimate of drug-likeness (QED) is 0.350. The number of nitrogens with zero attached hydrogens (tertiary/aromatic N) is 1. The van der Waals surface area contributed by atoms with Gasteiger partial charge in [-0.3, -0.25) is 9.59 Å². The van der Waals surface area contributed by atoms with Gasteiger partial charge in [-0.1, -0.05) is 54.6 Å². The molecule has 0 spiro atoms. The number of nitrogens with one attached hydrogen (secondary N) is 1. The number of aromatic nitrogens is 1. The molecule has 198 valence electrons. The van der Waals surface area contributed by atoms with Crippen LogP contribution in [0.5, 0.6) is 0 Å². The molecule has 1 amide bonds. The van der Waals surface area contributed by atoms with Crippen LogP contribution in [0.4, 0.5) is 10.1 Å². The standard InChI is InChI=1S/C31H30BFN2O4/c1-30(2)31(3,4)39-32(38-30)23-12-16-25(17-13-23)34-29(37)27-20-35(18-21-8-6-5-7-9-21)19-26(28(27)36)22-10-14-24(33)15-11-22/h5-17,19-20H,18H2,1-4H3,(H,34,37). The molecule has 1 aromatic heterocycles. The number of rotatable bonds is 6. The summed E-state index contributed by atoms with van der Waals surface area (Å²) in [5, 5.41) is 2.83. The molecular weight excluding hydrogens is 494 g/mol. The summed E-state index contributed by atoms with van der Waals surface area (Å²) < 4.78 is 27.6. The third-order valence-electron chi connectivity index (χ3n) is 7.38. The number of benzene rings is 3. The van der Waals surface area contributed by atoms with Gasteiger partial charge in [0.15, 0.2) is 0 Å². The fraction of sp³-hybridized carbons (Fsp3) is 0.226. The maximum atomic E-state index is 13.6. The van der Waals surface area contributed by atoms with Crippen molar-refractivity contribution in [3.05, 3.63) is 118 Å². The summed E-state index contributed by atoms with van der Waals surface area (Å²) in [7, 11) is -0.516. The molecule has 0 aliphatic carbocycles. The van der Waals surface area contributed by atoms with Crippen molar-refractivity contribution in [3.63, 3.8) is 0 Å². The molecule has 6 nitrogen and oxygen atoms in total. The Kier molecular flexibility index (Phi) is 7.01. The maximum Gasteiger partial charge on any atom is 0.494 e. The topological polar surface area (TPSA) is 69.6 Å². The van der Waals surface area contributed by atoms with Crippen LogP contribution in [0.2, 0.25) is 0 Å². The predicted octanol–water partition coefficient (Wildman–Crippen LogP) is 5.25. The first-order valence-corrected chi connectivity index (χ1v) is 12.8. The fourth-order valence-electron chi connectivity index (χ4n) is 4.41. The number of hydrogen-bond donors (Lipinski definition) is 1. The van der Waals surface area contributed by atoms with Crippen LogP contribution in [0.25, 0.3) is 11.1 Å². The SMILES string of the molecule is CC1(C)OB(c2ccc(NC(=O)c3cn(Cc4ccccc4)cc(-c4ccc(F)cc4)c3=O)cc2)OC1(C)C. The number of carbonyl (C=O) groups is 1. The van der Waals surface area contributed by atoms with Crippen LogP contribution in [0, 0.1) is 5.82 Å². The summed E-state index contributed by atoms with van der Waals surface area (Å²) in [6.45, 7) is 8.43. The molecule has 0 bridgehead atoms. The second-order valence-electron chi connectivity index (χ2n) is 10.7. The van der Waals surface area contributed by atoms with E-state index in [-0.39, 0.29) is 5.56 Å². The lowest BCUT2D eigenvalue weighted by Crippen LogP contribution is -2.41. The van der Waals surface area contributed by atoms with E-state index in [1.165, 1.54) is 24.3 Å². The Labute approximate surface area is 227 Å². The van der Waals surface area contributed by atoms with E-state index in [1.54, 1.807) is 29.1 Å². The summed E-state index contributed by atoms with van der Waals surface area (Å²) in [5.41, 5.74) is 1.85. The number of amides is 1. The highest BCUT2D eigenvalue weighted by molar-refractivity contribution is 6.62. The largest absolute Gasteiger partial charge is 0.494 e. The molecule has 1 fully saturated rings. The molecule has 39 heavy (non-hydrogen) atoms. The first-order valence-electron chi connectivity index (χ1n) is 12.8. The van der Waals surface area contributed by atoms with Crippen molar-refractivity contribution in [1.82, 2.24) is 4.57 Å². The zero-order chi connectivity index (χ0) is 27.8. The molecule has 3 aromatic carbocycles. The van der Waals surface area contributed by atoms with E-state index < -0.39 is 35.5 Å². The third kappa shape index (κ3) is 5.58. The van der Waals surface area contributed by atoms with Gasteiger partial charge < -0.3 is 19.2 Å². The van der Waals surface area contributed by atoms with E-state index in [1.807, 2.05) is 70.2 Å². The Bertz CT molecular complexity index is 1530. The van der Waals surface area contributed by atoms with Gasteiger partial charge in [-0.25, -0.2) is 4.39 Å². The van der Waals surface area contributed by atoms with Crippen LogP contribution < -0.4 is 16.2 Å². The molecule has 1 N–H and O–H groups in total. The zero-order valence-electron chi connectivity index (χ0n) is 22.4. The number of pyridine rings is 1. The Morgan fingerprint density at radius 3 is 2.10 bits per heavy atom. The Morgan fingerprint density at radius 1 is 0.872 bits per heavy atom.